The first-order valence-corrected chi connectivity index (χ1v) is 12.8. The number of hydrogen-bond acceptors (Lipinski definition) is 3. The molecule has 0 aromatic carbocycles. The largest absolute Gasteiger partial charge is 0.463 e. The zero-order valence-electron chi connectivity index (χ0n) is 17.4. The SMILES string of the molecule is CC(=O)OC(C)CCCCCCCCCCO[Si](C)(C)C(C)(C)C. The van der Waals surface area contributed by atoms with E-state index >= 15 is 0 Å². The maximum absolute atomic E-state index is 10.8. The number of ether oxygens (including phenoxy) is 1. The molecule has 1 unspecified atom stereocenters. The Balaban J connectivity index is 3.39. The predicted octanol–water partition coefficient (Wildman–Crippen LogP) is 6.47. The van der Waals surface area contributed by atoms with Gasteiger partial charge < -0.3 is 9.16 Å². The number of hydrogen-bond donors (Lipinski definition) is 0. The molecule has 0 heterocycles. The minimum Gasteiger partial charge on any atom is -0.463 e. The van der Waals surface area contributed by atoms with Crippen molar-refractivity contribution < 1.29 is 14.0 Å². The van der Waals surface area contributed by atoms with E-state index in [0.717, 1.165) is 19.4 Å². The first kappa shape index (κ1) is 23.6. The van der Waals surface area contributed by atoms with Crippen molar-refractivity contribution in [3.63, 3.8) is 0 Å². The molecular weight excluding hydrogens is 316 g/mol. The summed E-state index contributed by atoms with van der Waals surface area (Å²) in [5.74, 6) is -0.167. The zero-order chi connectivity index (χ0) is 18.6. The summed E-state index contributed by atoms with van der Waals surface area (Å²) in [7, 11) is -1.55. The molecule has 0 N–H and O–H groups in total. The third-order valence-corrected chi connectivity index (χ3v) is 9.68. The summed E-state index contributed by atoms with van der Waals surface area (Å²) < 4.78 is 11.3. The highest BCUT2D eigenvalue weighted by Crippen LogP contribution is 2.36. The number of unbranched alkanes of at least 4 members (excludes halogenated alkanes) is 7. The molecule has 0 aromatic heterocycles. The average Bonchev–Trinajstić information content (AvgIpc) is 2.42. The monoisotopic (exact) mass is 358 g/mol. The fourth-order valence-electron chi connectivity index (χ4n) is 2.48. The Morgan fingerprint density at radius 1 is 0.917 bits per heavy atom. The maximum atomic E-state index is 10.8. The first-order valence-electron chi connectivity index (χ1n) is 9.87. The van der Waals surface area contributed by atoms with Gasteiger partial charge in [0.1, 0.15) is 0 Å². The maximum Gasteiger partial charge on any atom is 0.302 e. The van der Waals surface area contributed by atoms with Gasteiger partial charge >= 0.3 is 5.97 Å². The molecule has 0 rings (SSSR count). The minimum absolute atomic E-state index is 0.0726. The van der Waals surface area contributed by atoms with Crippen LogP contribution in [0.2, 0.25) is 18.1 Å². The highest BCUT2D eigenvalue weighted by molar-refractivity contribution is 6.74. The van der Waals surface area contributed by atoms with Gasteiger partial charge in [0.05, 0.1) is 6.10 Å². The lowest BCUT2D eigenvalue weighted by Gasteiger charge is -2.36. The lowest BCUT2D eigenvalue weighted by atomic mass is 10.1. The molecule has 4 heteroatoms. The van der Waals surface area contributed by atoms with Crippen LogP contribution in [0, 0.1) is 0 Å². The van der Waals surface area contributed by atoms with Crippen LogP contribution in [0.4, 0.5) is 0 Å². The smallest absolute Gasteiger partial charge is 0.302 e. The fraction of sp³-hybridized carbons (Fsp3) is 0.950. The summed E-state index contributed by atoms with van der Waals surface area (Å²) in [6, 6.07) is 0. The Bertz CT molecular complexity index is 334. The van der Waals surface area contributed by atoms with Gasteiger partial charge in [-0.15, -0.1) is 0 Å². The van der Waals surface area contributed by atoms with Crippen LogP contribution in [0.25, 0.3) is 0 Å². The molecule has 0 aromatic rings. The molecule has 0 amide bonds. The number of carbonyl (C=O) groups excluding carboxylic acids is 1. The van der Waals surface area contributed by atoms with E-state index in [2.05, 4.69) is 33.9 Å². The third kappa shape index (κ3) is 12.1. The second kappa shape index (κ2) is 12.1. The molecule has 0 spiro atoms. The van der Waals surface area contributed by atoms with Crippen LogP contribution in [-0.2, 0) is 14.0 Å². The van der Waals surface area contributed by atoms with Crippen molar-refractivity contribution in [2.24, 2.45) is 0 Å². The van der Waals surface area contributed by atoms with Gasteiger partial charge in [-0.2, -0.15) is 0 Å². The number of esters is 1. The highest BCUT2D eigenvalue weighted by atomic mass is 28.4. The summed E-state index contributed by atoms with van der Waals surface area (Å²) in [5.41, 5.74) is 0. The van der Waals surface area contributed by atoms with Crippen LogP contribution < -0.4 is 0 Å². The van der Waals surface area contributed by atoms with E-state index in [1.54, 1.807) is 0 Å². The van der Waals surface area contributed by atoms with E-state index in [0.29, 0.717) is 5.04 Å². The van der Waals surface area contributed by atoms with Crippen molar-refractivity contribution in [2.45, 2.75) is 117 Å². The van der Waals surface area contributed by atoms with Crippen molar-refractivity contribution in [3.8, 4) is 0 Å². The second-order valence-corrected chi connectivity index (χ2v) is 13.5. The Labute approximate surface area is 152 Å². The van der Waals surface area contributed by atoms with Gasteiger partial charge in [-0.3, -0.25) is 4.79 Å². The average molecular weight is 359 g/mol. The van der Waals surface area contributed by atoms with E-state index in [1.165, 1.54) is 51.9 Å². The van der Waals surface area contributed by atoms with Gasteiger partial charge in [0, 0.05) is 13.5 Å². The van der Waals surface area contributed by atoms with Gasteiger partial charge in [0.15, 0.2) is 8.32 Å². The zero-order valence-corrected chi connectivity index (χ0v) is 18.4. The van der Waals surface area contributed by atoms with E-state index in [4.69, 9.17) is 9.16 Å². The molecular formula is C20H42O3Si. The summed E-state index contributed by atoms with van der Waals surface area (Å²) in [4.78, 5) is 10.8. The lowest BCUT2D eigenvalue weighted by molar-refractivity contribution is -0.145. The van der Waals surface area contributed by atoms with Crippen molar-refractivity contribution >= 4 is 14.3 Å². The summed E-state index contributed by atoms with van der Waals surface area (Å²) >= 11 is 0. The van der Waals surface area contributed by atoms with Crippen LogP contribution in [0.5, 0.6) is 0 Å². The molecule has 0 aliphatic heterocycles. The second-order valence-electron chi connectivity index (χ2n) is 8.65. The number of carbonyl (C=O) groups is 1. The Morgan fingerprint density at radius 2 is 1.38 bits per heavy atom. The molecule has 0 bridgehead atoms. The van der Waals surface area contributed by atoms with E-state index < -0.39 is 8.32 Å². The summed E-state index contributed by atoms with van der Waals surface area (Å²) in [5, 5.41) is 0.319. The Hall–Kier alpha value is -0.353. The molecule has 24 heavy (non-hydrogen) atoms. The van der Waals surface area contributed by atoms with E-state index in [9.17, 15) is 4.79 Å². The van der Waals surface area contributed by atoms with Crippen LogP contribution in [0.1, 0.15) is 92.4 Å². The molecule has 0 aliphatic carbocycles. The highest BCUT2D eigenvalue weighted by Gasteiger charge is 2.36. The molecule has 1 atom stereocenters. The van der Waals surface area contributed by atoms with Gasteiger partial charge in [-0.05, 0) is 44.3 Å². The summed E-state index contributed by atoms with van der Waals surface area (Å²) in [6.07, 6.45) is 11.2. The van der Waals surface area contributed by atoms with Crippen molar-refractivity contribution in [1.29, 1.82) is 0 Å². The normalized spacial score (nSPS) is 13.8. The van der Waals surface area contributed by atoms with Crippen LogP contribution in [0.3, 0.4) is 0 Å². The van der Waals surface area contributed by atoms with Gasteiger partial charge in [-0.1, -0.05) is 59.3 Å². The Kier molecular flexibility index (Phi) is 11.9. The van der Waals surface area contributed by atoms with Gasteiger partial charge in [0.2, 0.25) is 0 Å². The van der Waals surface area contributed by atoms with Gasteiger partial charge in [-0.25, -0.2) is 0 Å². The Morgan fingerprint density at radius 3 is 1.83 bits per heavy atom. The van der Waals surface area contributed by atoms with Gasteiger partial charge in [0.25, 0.3) is 0 Å². The van der Waals surface area contributed by atoms with Crippen LogP contribution in [0.15, 0.2) is 0 Å². The number of rotatable bonds is 13. The fourth-order valence-corrected chi connectivity index (χ4v) is 3.57. The molecule has 144 valence electrons. The van der Waals surface area contributed by atoms with Crippen molar-refractivity contribution in [3.05, 3.63) is 0 Å². The molecule has 0 saturated carbocycles. The summed E-state index contributed by atoms with van der Waals surface area (Å²) in [6.45, 7) is 15.9. The quantitative estimate of drug-likeness (QED) is 0.215. The van der Waals surface area contributed by atoms with E-state index in [1.807, 2.05) is 6.92 Å². The van der Waals surface area contributed by atoms with Crippen LogP contribution in [-0.4, -0.2) is 27.0 Å². The standard InChI is InChI=1S/C20H42O3Si/c1-18(23-19(2)21)16-14-12-10-8-9-11-13-15-17-22-24(6,7)20(3,4)5/h18H,8-17H2,1-7H3. The van der Waals surface area contributed by atoms with Crippen molar-refractivity contribution in [1.82, 2.24) is 0 Å². The van der Waals surface area contributed by atoms with Crippen LogP contribution >= 0.6 is 0 Å². The van der Waals surface area contributed by atoms with Crippen molar-refractivity contribution in [2.75, 3.05) is 6.61 Å². The predicted molar refractivity (Wildman–Crippen MR) is 106 cm³/mol. The molecule has 0 fully saturated rings. The first-order chi connectivity index (χ1) is 11.1. The molecule has 3 nitrogen and oxygen atoms in total. The minimum atomic E-state index is -1.55. The molecule has 0 radical (unpaired) electrons. The molecule has 0 saturated heterocycles. The van der Waals surface area contributed by atoms with E-state index in [-0.39, 0.29) is 12.1 Å². The lowest BCUT2D eigenvalue weighted by Crippen LogP contribution is -2.40. The molecule has 0 aliphatic rings. The topological polar surface area (TPSA) is 35.5 Å². The third-order valence-electron chi connectivity index (χ3n) is 5.14.